The number of para-hydroxylation sites is 1. The predicted molar refractivity (Wildman–Crippen MR) is 72.5 cm³/mol. The maximum absolute atomic E-state index is 13.6. The lowest BCUT2D eigenvalue weighted by atomic mass is 9.98. The summed E-state index contributed by atoms with van der Waals surface area (Å²) in [7, 11) is 0.947. The van der Waals surface area contributed by atoms with Crippen LogP contribution < -0.4 is 4.74 Å². The molecule has 1 aromatic carbocycles. The highest BCUT2D eigenvalue weighted by molar-refractivity contribution is 5.35. The Bertz CT molecular complexity index is 529. The number of hydrogen-bond acceptors (Lipinski definition) is 2. The maximum atomic E-state index is 13.6. The van der Waals surface area contributed by atoms with Crippen LogP contribution in [-0.2, 0) is 4.74 Å². The first kappa shape index (κ1) is 20.5. The summed E-state index contributed by atoms with van der Waals surface area (Å²) in [5.74, 6) is -11.4. The lowest BCUT2D eigenvalue weighted by Gasteiger charge is -2.31. The van der Waals surface area contributed by atoms with Crippen LogP contribution in [-0.4, -0.2) is 31.7 Å². The molecule has 0 aliphatic carbocycles. The SMILES string of the molecule is CCCOc1ccccc1C(CC(F)(F)C(F)(F)C(F)(F)F)OC. The number of rotatable bonds is 8. The van der Waals surface area contributed by atoms with Crippen molar-refractivity contribution in [3.63, 3.8) is 0 Å². The lowest BCUT2D eigenvalue weighted by Crippen LogP contribution is -2.52. The molecule has 0 bridgehead atoms. The summed E-state index contributed by atoms with van der Waals surface area (Å²) in [6.07, 6.45) is -9.31. The predicted octanol–water partition coefficient (Wildman–Crippen LogP) is 5.39. The monoisotopic (exact) mass is 362 g/mol. The van der Waals surface area contributed by atoms with Crippen LogP contribution in [0.2, 0.25) is 0 Å². The third kappa shape index (κ3) is 4.31. The molecular weight excluding hydrogens is 345 g/mol. The zero-order valence-electron chi connectivity index (χ0n) is 13.0. The van der Waals surface area contributed by atoms with Gasteiger partial charge in [-0.3, -0.25) is 0 Å². The van der Waals surface area contributed by atoms with E-state index in [0.29, 0.717) is 6.42 Å². The van der Waals surface area contributed by atoms with Gasteiger partial charge in [0.1, 0.15) is 5.75 Å². The Kier molecular flexibility index (Phi) is 6.49. The van der Waals surface area contributed by atoms with Crippen molar-refractivity contribution in [3.8, 4) is 5.75 Å². The van der Waals surface area contributed by atoms with Gasteiger partial charge < -0.3 is 9.47 Å². The third-order valence-corrected chi connectivity index (χ3v) is 3.27. The normalized spacial score (nSPS) is 14.5. The van der Waals surface area contributed by atoms with Gasteiger partial charge >= 0.3 is 18.0 Å². The van der Waals surface area contributed by atoms with Gasteiger partial charge in [0.2, 0.25) is 0 Å². The minimum atomic E-state index is -6.37. The van der Waals surface area contributed by atoms with Crippen molar-refractivity contribution in [1.82, 2.24) is 0 Å². The quantitative estimate of drug-likeness (QED) is 0.578. The summed E-state index contributed by atoms with van der Waals surface area (Å²) in [6.45, 7) is 2.01. The molecule has 0 radical (unpaired) electrons. The van der Waals surface area contributed by atoms with E-state index in [1.807, 2.05) is 0 Å². The molecule has 0 aliphatic rings. The van der Waals surface area contributed by atoms with Crippen molar-refractivity contribution in [2.45, 2.75) is 43.9 Å². The van der Waals surface area contributed by atoms with Gasteiger partial charge in [0, 0.05) is 19.1 Å². The minimum absolute atomic E-state index is 0.0221. The van der Waals surface area contributed by atoms with Gasteiger partial charge in [-0.1, -0.05) is 25.1 Å². The molecule has 1 atom stereocenters. The largest absolute Gasteiger partial charge is 0.493 e. The van der Waals surface area contributed by atoms with Gasteiger partial charge in [0.05, 0.1) is 12.7 Å². The highest BCUT2D eigenvalue weighted by Crippen LogP contribution is 2.50. The molecule has 24 heavy (non-hydrogen) atoms. The van der Waals surface area contributed by atoms with Crippen LogP contribution in [0, 0.1) is 0 Å². The van der Waals surface area contributed by atoms with E-state index in [1.54, 1.807) is 6.92 Å². The lowest BCUT2D eigenvalue weighted by molar-refractivity contribution is -0.358. The Morgan fingerprint density at radius 3 is 2.08 bits per heavy atom. The van der Waals surface area contributed by atoms with E-state index in [4.69, 9.17) is 9.47 Å². The standard InChI is InChI=1S/C15H17F7O2/c1-3-8-24-11-7-5-4-6-10(11)12(23-2)9-13(16,17)14(18,19)15(20,21)22/h4-7,12H,3,8-9H2,1-2H3. The highest BCUT2D eigenvalue weighted by Gasteiger charge is 2.73. The van der Waals surface area contributed by atoms with Crippen molar-refractivity contribution in [1.29, 1.82) is 0 Å². The molecule has 0 aromatic heterocycles. The molecular formula is C15H17F7O2. The summed E-state index contributed by atoms with van der Waals surface area (Å²) in [4.78, 5) is 0. The van der Waals surface area contributed by atoms with Gasteiger partial charge in [0.15, 0.2) is 0 Å². The number of ether oxygens (including phenoxy) is 2. The summed E-state index contributed by atoms with van der Waals surface area (Å²) >= 11 is 0. The average molecular weight is 362 g/mol. The Hall–Kier alpha value is -1.51. The molecule has 0 amide bonds. The third-order valence-electron chi connectivity index (χ3n) is 3.27. The second-order valence-corrected chi connectivity index (χ2v) is 5.09. The average Bonchev–Trinajstić information content (AvgIpc) is 2.49. The Morgan fingerprint density at radius 2 is 1.58 bits per heavy atom. The van der Waals surface area contributed by atoms with E-state index < -0.39 is 30.5 Å². The number of methoxy groups -OCH3 is 1. The fourth-order valence-corrected chi connectivity index (χ4v) is 1.98. The molecule has 1 unspecified atom stereocenters. The summed E-state index contributed by atoms with van der Waals surface area (Å²) in [5.41, 5.74) is -0.0221. The first-order valence-corrected chi connectivity index (χ1v) is 7.04. The smallest absolute Gasteiger partial charge is 0.459 e. The van der Waals surface area contributed by atoms with Crippen LogP contribution in [0.1, 0.15) is 31.4 Å². The van der Waals surface area contributed by atoms with Crippen LogP contribution in [0.4, 0.5) is 30.7 Å². The topological polar surface area (TPSA) is 18.5 Å². The second kappa shape index (κ2) is 7.58. The summed E-state index contributed by atoms with van der Waals surface area (Å²) in [6, 6.07) is 5.61. The molecule has 138 valence electrons. The van der Waals surface area contributed by atoms with E-state index in [0.717, 1.165) is 7.11 Å². The highest BCUT2D eigenvalue weighted by atomic mass is 19.4. The van der Waals surface area contributed by atoms with Crippen LogP contribution in [0.15, 0.2) is 24.3 Å². The van der Waals surface area contributed by atoms with Crippen molar-refractivity contribution >= 4 is 0 Å². The van der Waals surface area contributed by atoms with Crippen LogP contribution in [0.5, 0.6) is 5.75 Å². The van der Waals surface area contributed by atoms with E-state index in [-0.39, 0.29) is 17.9 Å². The fraction of sp³-hybridized carbons (Fsp3) is 0.600. The molecule has 0 heterocycles. The molecule has 0 spiro atoms. The maximum Gasteiger partial charge on any atom is 0.459 e. The number of benzene rings is 1. The van der Waals surface area contributed by atoms with Gasteiger partial charge in [-0.05, 0) is 12.5 Å². The van der Waals surface area contributed by atoms with Crippen molar-refractivity contribution in [3.05, 3.63) is 29.8 Å². The molecule has 0 saturated carbocycles. The Balaban J connectivity index is 3.11. The number of halogens is 7. The van der Waals surface area contributed by atoms with Crippen LogP contribution >= 0.6 is 0 Å². The molecule has 0 aliphatic heterocycles. The molecule has 0 fully saturated rings. The first-order valence-electron chi connectivity index (χ1n) is 7.04. The molecule has 2 nitrogen and oxygen atoms in total. The summed E-state index contributed by atoms with van der Waals surface area (Å²) < 4.78 is 100. The first-order chi connectivity index (χ1) is 11.0. The zero-order valence-corrected chi connectivity index (χ0v) is 13.0. The van der Waals surface area contributed by atoms with E-state index in [2.05, 4.69) is 0 Å². The van der Waals surface area contributed by atoms with Crippen LogP contribution in [0.3, 0.4) is 0 Å². The van der Waals surface area contributed by atoms with Crippen LogP contribution in [0.25, 0.3) is 0 Å². The summed E-state index contributed by atoms with van der Waals surface area (Å²) in [5, 5.41) is 0. The van der Waals surface area contributed by atoms with Gasteiger partial charge in [-0.15, -0.1) is 0 Å². The van der Waals surface area contributed by atoms with Crippen molar-refractivity contribution < 1.29 is 40.2 Å². The molecule has 0 N–H and O–H groups in total. The van der Waals surface area contributed by atoms with E-state index in [9.17, 15) is 30.7 Å². The molecule has 1 aromatic rings. The molecule has 0 saturated heterocycles. The van der Waals surface area contributed by atoms with Crippen molar-refractivity contribution in [2.24, 2.45) is 0 Å². The van der Waals surface area contributed by atoms with E-state index >= 15 is 0 Å². The molecule has 9 heteroatoms. The van der Waals surface area contributed by atoms with Gasteiger partial charge in [0.25, 0.3) is 0 Å². The molecule has 1 rings (SSSR count). The number of hydrogen-bond donors (Lipinski definition) is 0. The van der Waals surface area contributed by atoms with Gasteiger partial charge in [-0.2, -0.15) is 30.7 Å². The van der Waals surface area contributed by atoms with Crippen molar-refractivity contribution in [2.75, 3.05) is 13.7 Å². The minimum Gasteiger partial charge on any atom is -0.493 e. The fourth-order valence-electron chi connectivity index (χ4n) is 1.98. The Labute approximate surface area is 134 Å². The van der Waals surface area contributed by atoms with E-state index in [1.165, 1.54) is 24.3 Å². The number of alkyl halides is 7. The van der Waals surface area contributed by atoms with Gasteiger partial charge in [-0.25, -0.2) is 0 Å². The second-order valence-electron chi connectivity index (χ2n) is 5.09. The zero-order chi connectivity index (χ0) is 18.6. The Morgan fingerprint density at radius 1 is 1.00 bits per heavy atom.